The van der Waals surface area contributed by atoms with Crippen molar-refractivity contribution in [2.24, 2.45) is 0 Å². The van der Waals surface area contributed by atoms with Gasteiger partial charge in [0.1, 0.15) is 13.0 Å². The molecule has 0 spiro atoms. The van der Waals surface area contributed by atoms with E-state index in [1.165, 1.54) is 10.8 Å². The zero-order valence-corrected chi connectivity index (χ0v) is 15.8. The number of rotatable bonds is 8. The molecule has 0 saturated carbocycles. The van der Waals surface area contributed by atoms with Crippen LogP contribution in [0.5, 0.6) is 11.5 Å². The minimum atomic E-state index is -0.260. The Hall–Kier alpha value is -3.52. The molecular formula is C23H22N2O3. The maximum absolute atomic E-state index is 11.3. The van der Waals surface area contributed by atoms with E-state index in [9.17, 15) is 4.79 Å². The Balaban J connectivity index is 1.65. The van der Waals surface area contributed by atoms with Crippen molar-refractivity contribution in [1.29, 1.82) is 5.26 Å². The van der Waals surface area contributed by atoms with Crippen molar-refractivity contribution in [3.63, 3.8) is 0 Å². The summed E-state index contributed by atoms with van der Waals surface area (Å²) in [5.41, 5.74) is 2.14. The van der Waals surface area contributed by atoms with Crippen LogP contribution in [0.25, 0.3) is 10.8 Å². The normalized spacial score (nSPS) is 10.3. The summed E-state index contributed by atoms with van der Waals surface area (Å²) in [5.74, 6) is 1.07. The Morgan fingerprint density at radius 3 is 2.71 bits per heavy atom. The number of hydrogen-bond donors (Lipinski definition) is 1. The minimum Gasteiger partial charge on any atom is -0.493 e. The summed E-state index contributed by atoms with van der Waals surface area (Å²) in [6, 6.07) is 22.0. The van der Waals surface area contributed by atoms with E-state index >= 15 is 0 Å². The molecule has 0 bridgehead atoms. The number of amides is 1. The number of nitrogens with zero attached hydrogens (tertiary/aromatic N) is 1. The molecule has 28 heavy (non-hydrogen) atoms. The fraction of sp³-hybridized carbons (Fsp3) is 0.217. The Morgan fingerprint density at radius 2 is 1.89 bits per heavy atom. The monoisotopic (exact) mass is 374 g/mol. The van der Waals surface area contributed by atoms with Crippen LogP contribution in [0.4, 0.5) is 0 Å². The third-order valence-corrected chi connectivity index (χ3v) is 4.47. The molecule has 0 aliphatic carbocycles. The average Bonchev–Trinajstić information content (AvgIpc) is 2.72. The highest BCUT2D eigenvalue weighted by atomic mass is 16.5. The lowest BCUT2D eigenvalue weighted by Gasteiger charge is -2.13. The predicted molar refractivity (Wildman–Crippen MR) is 108 cm³/mol. The third-order valence-electron chi connectivity index (χ3n) is 4.47. The van der Waals surface area contributed by atoms with Crippen LogP contribution < -0.4 is 14.8 Å². The molecule has 5 nitrogen and oxygen atoms in total. The van der Waals surface area contributed by atoms with Crippen molar-refractivity contribution >= 4 is 16.7 Å². The fourth-order valence-corrected chi connectivity index (χ4v) is 3.04. The lowest BCUT2D eigenvalue weighted by atomic mass is 10.1. The molecule has 142 valence electrons. The van der Waals surface area contributed by atoms with Crippen LogP contribution in [-0.2, 0) is 17.8 Å². The van der Waals surface area contributed by atoms with Gasteiger partial charge in [0.2, 0.25) is 5.91 Å². The number of benzene rings is 3. The molecule has 0 radical (unpaired) electrons. The highest BCUT2D eigenvalue weighted by Gasteiger charge is 2.08. The van der Waals surface area contributed by atoms with Crippen molar-refractivity contribution in [3.05, 3.63) is 71.8 Å². The van der Waals surface area contributed by atoms with E-state index in [0.29, 0.717) is 31.1 Å². The largest absolute Gasteiger partial charge is 0.493 e. The van der Waals surface area contributed by atoms with Crippen LogP contribution in [0.1, 0.15) is 17.5 Å². The Bertz CT molecular complexity index is 1000. The fourth-order valence-electron chi connectivity index (χ4n) is 3.04. The zero-order chi connectivity index (χ0) is 19.8. The van der Waals surface area contributed by atoms with Crippen LogP contribution in [0.3, 0.4) is 0 Å². The molecular weight excluding hydrogens is 352 g/mol. The first kappa shape index (κ1) is 19.2. The first-order valence-electron chi connectivity index (χ1n) is 9.11. The summed E-state index contributed by atoms with van der Waals surface area (Å²) >= 11 is 0. The number of nitriles is 1. The van der Waals surface area contributed by atoms with Gasteiger partial charge in [-0.05, 0) is 40.5 Å². The van der Waals surface area contributed by atoms with E-state index in [1.807, 2.05) is 42.5 Å². The molecule has 0 heterocycles. The molecule has 0 aliphatic rings. The Labute approximate surface area is 164 Å². The van der Waals surface area contributed by atoms with E-state index in [4.69, 9.17) is 14.7 Å². The number of fused-ring (bicyclic) bond motifs is 1. The van der Waals surface area contributed by atoms with Gasteiger partial charge in [0.25, 0.3) is 0 Å². The van der Waals surface area contributed by atoms with Crippen LogP contribution in [0.2, 0.25) is 0 Å². The third kappa shape index (κ3) is 4.80. The second kappa shape index (κ2) is 9.43. The van der Waals surface area contributed by atoms with E-state index < -0.39 is 0 Å². The molecule has 3 rings (SSSR count). The zero-order valence-electron chi connectivity index (χ0n) is 15.8. The number of nitrogens with one attached hydrogen (secondary N) is 1. The maximum atomic E-state index is 11.3. The van der Waals surface area contributed by atoms with Gasteiger partial charge < -0.3 is 14.8 Å². The van der Waals surface area contributed by atoms with Crippen molar-refractivity contribution in [2.75, 3.05) is 13.7 Å². The molecule has 5 heteroatoms. The average molecular weight is 374 g/mol. The summed E-state index contributed by atoms with van der Waals surface area (Å²) in [6.07, 6.45) is 0.529. The summed E-state index contributed by atoms with van der Waals surface area (Å²) in [7, 11) is 1.61. The highest BCUT2D eigenvalue weighted by molar-refractivity contribution is 5.85. The van der Waals surface area contributed by atoms with Crippen LogP contribution in [0.15, 0.2) is 60.7 Å². The number of hydrogen-bond acceptors (Lipinski definition) is 4. The van der Waals surface area contributed by atoms with Crippen molar-refractivity contribution < 1.29 is 14.3 Å². The van der Waals surface area contributed by atoms with Gasteiger partial charge in [0, 0.05) is 6.54 Å². The number of carbonyl (C=O) groups is 1. The Morgan fingerprint density at radius 1 is 1.07 bits per heavy atom. The minimum absolute atomic E-state index is 0.121. The van der Waals surface area contributed by atoms with Gasteiger partial charge in [-0.25, -0.2) is 0 Å². The van der Waals surface area contributed by atoms with Crippen molar-refractivity contribution in [2.45, 2.75) is 19.4 Å². The van der Waals surface area contributed by atoms with E-state index in [-0.39, 0.29) is 12.3 Å². The predicted octanol–water partition coefficient (Wildman–Crippen LogP) is 4.00. The standard InChI is InChI=1S/C23H22N2O3/c1-27-22-15-17(12-14-25-23(26)11-13-24)9-10-21(22)28-16-19-7-4-6-18-5-2-3-8-20(18)19/h2-10,15H,11-12,14,16H2,1H3,(H,25,26). The topological polar surface area (TPSA) is 71.3 Å². The second-order valence-corrected chi connectivity index (χ2v) is 6.35. The van der Waals surface area contributed by atoms with Crippen molar-refractivity contribution in [1.82, 2.24) is 5.32 Å². The molecule has 0 aliphatic heterocycles. The highest BCUT2D eigenvalue weighted by Crippen LogP contribution is 2.30. The van der Waals surface area contributed by atoms with Gasteiger partial charge in [0.15, 0.2) is 11.5 Å². The molecule has 1 amide bonds. The van der Waals surface area contributed by atoms with E-state index in [2.05, 4.69) is 29.6 Å². The molecule has 0 saturated heterocycles. The smallest absolute Gasteiger partial charge is 0.234 e. The lowest BCUT2D eigenvalue weighted by Crippen LogP contribution is -2.24. The molecule has 0 atom stereocenters. The number of ether oxygens (including phenoxy) is 2. The summed E-state index contributed by atoms with van der Waals surface area (Å²) in [4.78, 5) is 11.3. The lowest BCUT2D eigenvalue weighted by molar-refractivity contribution is -0.120. The van der Waals surface area contributed by atoms with E-state index in [0.717, 1.165) is 11.1 Å². The number of methoxy groups -OCH3 is 1. The van der Waals surface area contributed by atoms with Crippen LogP contribution in [-0.4, -0.2) is 19.6 Å². The molecule has 0 unspecified atom stereocenters. The maximum Gasteiger partial charge on any atom is 0.234 e. The molecule has 3 aromatic carbocycles. The number of carbonyl (C=O) groups excluding carboxylic acids is 1. The van der Waals surface area contributed by atoms with Gasteiger partial charge in [0.05, 0.1) is 13.2 Å². The molecule has 3 aromatic rings. The van der Waals surface area contributed by atoms with Gasteiger partial charge in [-0.1, -0.05) is 48.5 Å². The SMILES string of the molecule is COc1cc(CCNC(=O)CC#N)ccc1OCc1cccc2ccccc12. The molecule has 0 aromatic heterocycles. The van der Waals surface area contributed by atoms with Crippen LogP contribution >= 0.6 is 0 Å². The molecule has 1 N–H and O–H groups in total. The second-order valence-electron chi connectivity index (χ2n) is 6.35. The quantitative estimate of drug-likeness (QED) is 0.647. The van der Waals surface area contributed by atoms with Crippen molar-refractivity contribution in [3.8, 4) is 17.6 Å². The van der Waals surface area contributed by atoms with Gasteiger partial charge >= 0.3 is 0 Å². The van der Waals surface area contributed by atoms with Gasteiger partial charge in [-0.3, -0.25) is 4.79 Å². The van der Waals surface area contributed by atoms with E-state index in [1.54, 1.807) is 7.11 Å². The van der Waals surface area contributed by atoms with Gasteiger partial charge in [-0.15, -0.1) is 0 Å². The Kier molecular flexibility index (Phi) is 6.48. The van der Waals surface area contributed by atoms with Crippen LogP contribution in [0, 0.1) is 11.3 Å². The first-order valence-corrected chi connectivity index (χ1v) is 9.11. The first-order chi connectivity index (χ1) is 13.7. The summed E-state index contributed by atoms with van der Waals surface area (Å²) in [6.45, 7) is 0.918. The summed E-state index contributed by atoms with van der Waals surface area (Å²) in [5, 5.41) is 13.6. The van der Waals surface area contributed by atoms with Gasteiger partial charge in [-0.2, -0.15) is 5.26 Å². The summed E-state index contributed by atoms with van der Waals surface area (Å²) < 4.78 is 11.5. The molecule has 0 fully saturated rings.